The molecule has 0 saturated carbocycles. The lowest BCUT2D eigenvalue weighted by molar-refractivity contribution is -0.275. The molecule has 3 aromatic rings. The molecule has 29 heavy (non-hydrogen) atoms. The number of carbonyl (C=O) groups excluding carboxylic acids is 1. The van der Waals surface area contributed by atoms with Crippen LogP contribution in [-0.2, 0) is 11.3 Å². The van der Waals surface area contributed by atoms with E-state index >= 15 is 0 Å². The van der Waals surface area contributed by atoms with Crippen LogP contribution in [0.4, 0.5) is 13.2 Å². The van der Waals surface area contributed by atoms with Crippen LogP contribution in [0.5, 0.6) is 11.5 Å². The Bertz CT molecular complexity index is 1110. The number of nitrogens with zero attached hydrogens (tertiary/aromatic N) is 3. The smallest absolute Gasteiger partial charge is 0.504 e. The summed E-state index contributed by atoms with van der Waals surface area (Å²) in [5.41, 5.74) is 0.256. The topological polar surface area (TPSA) is 106 Å². The van der Waals surface area contributed by atoms with Gasteiger partial charge in [-0.05, 0) is 36.8 Å². The van der Waals surface area contributed by atoms with E-state index in [1.54, 1.807) is 31.2 Å². The van der Waals surface area contributed by atoms with E-state index in [-0.39, 0.29) is 0 Å². The van der Waals surface area contributed by atoms with Crippen molar-refractivity contribution in [2.75, 3.05) is 0 Å². The lowest BCUT2D eigenvalue weighted by Crippen LogP contribution is -2.35. The fourth-order valence-electron chi connectivity index (χ4n) is 2.65. The number of hydrogen-bond acceptors (Lipinski definition) is 6. The molecule has 0 saturated heterocycles. The van der Waals surface area contributed by atoms with E-state index in [0.29, 0.717) is 16.5 Å². The maximum atomic E-state index is 12.4. The third-order valence-corrected chi connectivity index (χ3v) is 4.01. The van der Waals surface area contributed by atoms with Gasteiger partial charge >= 0.3 is 6.36 Å². The molecule has 1 amide bonds. The Hall–Kier alpha value is -3.63. The molecule has 11 heteroatoms. The maximum absolute atomic E-state index is 12.4. The molecule has 0 radical (unpaired) electrons. The quantitative estimate of drug-likeness (QED) is 0.671. The average Bonchev–Trinajstić information content (AvgIpc) is 2.65. The van der Waals surface area contributed by atoms with Gasteiger partial charge in [0.05, 0.1) is 11.4 Å². The predicted molar refractivity (Wildman–Crippen MR) is 95.1 cm³/mol. The number of nitrogens with one attached hydrogen (secondary N) is 1. The lowest BCUT2D eigenvalue weighted by Gasteiger charge is -2.16. The van der Waals surface area contributed by atoms with Crippen molar-refractivity contribution in [1.29, 1.82) is 0 Å². The third kappa shape index (κ3) is 4.81. The van der Waals surface area contributed by atoms with Crippen molar-refractivity contribution in [2.45, 2.75) is 25.9 Å². The van der Waals surface area contributed by atoms with Gasteiger partial charge in [-0.25, -0.2) is 4.68 Å². The molecule has 0 aliphatic carbocycles. The van der Waals surface area contributed by atoms with E-state index in [4.69, 9.17) is 0 Å². The van der Waals surface area contributed by atoms with Crippen molar-refractivity contribution in [1.82, 2.24) is 20.3 Å². The molecule has 1 aromatic heterocycles. The highest BCUT2D eigenvalue weighted by atomic mass is 19.4. The van der Waals surface area contributed by atoms with Crippen molar-refractivity contribution in [3.05, 3.63) is 58.4 Å². The van der Waals surface area contributed by atoms with Crippen LogP contribution in [0.15, 0.2) is 47.3 Å². The monoisotopic (exact) mass is 408 g/mol. The van der Waals surface area contributed by atoms with Crippen LogP contribution in [0.1, 0.15) is 18.5 Å². The molecule has 2 N–H and O–H groups in total. The number of alkyl halides is 3. The molecule has 0 spiro atoms. The number of halogens is 3. The Morgan fingerprint density at radius 1 is 1.28 bits per heavy atom. The summed E-state index contributed by atoms with van der Waals surface area (Å²) in [5, 5.41) is 20.2. The number of rotatable bonds is 5. The highest BCUT2D eigenvalue weighted by Gasteiger charge is 2.32. The maximum Gasteiger partial charge on any atom is 0.573 e. The van der Waals surface area contributed by atoms with Crippen molar-refractivity contribution in [3.8, 4) is 11.5 Å². The summed E-state index contributed by atoms with van der Waals surface area (Å²) in [4.78, 5) is 24.6. The summed E-state index contributed by atoms with van der Waals surface area (Å²) >= 11 is 0. The molecule has 152 valence electrons. The van der Waals surface area contributed by atoms with Crippen molar-refractivity contribution in [2.24, 2.45) is 0 Å². The summed E-state index contributed by atoms with van der Waals surface area (Å²) in [6, 6.07) is 9.15. The number of fused-ring (bicyclic) bond motifs is 1. The van der Waals surface area contributed by atoms with Gasteiger partial charge in [0.2, 0.25) is 5.91 Å². The number of hydrogen-bond donors (Lipinski definition) is 2. The predicted octanol–water partition coefficient (Wildman–Crippen LogP) is 2.27. The molecule has 1 heterocycles. The zero-order valence-electron chi connectivity index (χ0n) is 15.0. The van der Waals surface area contributed by atoms with Crippen LogP contribution in [0, 0.1) is 0 Å². The van der Waals surface area contributed by atoms with Crippen molar-refractivity contribution < 1.29 is 27.8 Å². The SMILES string of the molecule is C[C@H](NC(=O)Cn1nnc2ccccc2c1=O)c1ccc(OC(F)(F)F)c(O)c1. The van der Waals surface area contributed by atoms with Crippen LogP contribution in [-0.4, -0.2) is 32.4 Å². The number of benzene rings is 2. The van der Waals surface area contributed by atoms with Crippen LogP contribution >= 0.6 is 0 Å². The van der Waals surface area contributed by atoms with Crippen LogP contribution in [0.25, 0.3) is 10.9 Å². The number of aromatic hydroxyl groups is 1. The molecular formula is C18H15F3N4O4. The fraction of sp³-hybridized carbons (Fsp3) is 0.222. The van der Waals surface area contributed by atoms with Gasteiger partial charge in [-0.15, -0.1) is 18.3 Å². The minimum atomic E-state index is -4.94. The summed E-state index contributed by atoms with van der Waals surface area (Å²) in [6.07, 6.45) is -4.94. The molecule has 2 aromatic carbocycles. The van der Waals surface area contributed by atoms with E-state index in [1.807, 2.05) is 0 Å². The molecule has 0 bridgehead atoms. The van der Waals surface area contributed by atoms with E-state index in [0.717, 1.165) is 16.8 Å². The molecule has 0 aliphatic heterocycles. The lowest BCUT2D eigenvalue weighted by atomic mass is 10.1. The van der Waals surface area contributed by atoms with E-state index in [2.05, 4.69) is 20.4 Å². The standard InChI is InChI=1S/C18H15F3N4O4/c1-10(11-6-7-15(14(26)8-11)29-18(19,20)21)22-16(27)9-25-17(28)12-4-2-3-5-13(12)23-24-25/h2-8,10,26H,9H2,1H3,(H,22,27)/t10-/m0/s1. The van der Waals surface area contributed by atoms with Crippen molar-refractivity contribution >= 4 is 16.8 Å². The minimum Gasteiger partial charge on any atom is -0.504 e. The van der Waals surface area contributed by atoms with E-state index in [1.165, 1.54) is 6.07 Å². The average molecular weight is 408 g/mol. The number of ether oxygens (including phenoxy) is 1. The van der Waals surface area contributed by atoms with Crippen LogP contribution < -0.4 is 15.6 Å². The normalized spacial score (nSPS) is 12.6. The van der Waals surface area contributed by atoms with Gasteiger partial charge in [-0.1, -0.05) is 23.4 Å². The van der Waals surface area contributed by atoms with E-state index < -0.39 is 41.9 Å². The number of aromatic nitrogens is 3. The molecule has 0 fully saturated rings. The van der Waals surface area contributed by atoms with Gasteiger partial charge in [0, 0.05) is 0 Å². The number of amides is 1. The van der Waals surface area contributed by atoms with Gasteiger partial charge < -0.3 is 15.2 Å². The third-order valence-electron chi connectivity index (χ3n) is 4.01. The van der Waals surface area contributed by atoms with Gasteiger partial charge in [0.25, 0.3) is 5.56 Å². The summed E-state index contributed by atoms with van der Waals surface area (Å²) in [6.45, 7) is 1.16. The second-order valence-electron chi connectivity index (χ2n) is 6.13. The largest absolute Gasteiger partial charge is 0.573 e. The Balaban J connectivity index is 1.70. The first kappa shape index (κ1) is 20.1. The van der Waals surface area contributed by atoms with Gasteiger partial charge in [-0.2, -0.15) is 0 Å². The molecule has 0 unspecified atom stereocenters. The first-order chi connectivity index (χ1) is 13.6. The highest BCUT2D eigenvalue weighted by Crippen LogP contribution is 2.33. The molecular weight excluding hydrogens is 393 g/mol. The Labute approximate surface area is 161 Å². The summed E-state index contributed by atoms with van der Waals surface area (Å²) < 4.78 is 41.4. The van der Waals surface area contributed by atoms with Gasteiger partial charge in [0.15, 0.2) is 11.5 Å². The van der Waals surface area contributed by atoms with Crippen LogP contribution in [0.2, 0.25) is 0 Å². The first-order valence-corrected chi connectivity index (χ1v) is 8.34. The summed E-state index contributed by atoms with van der Waals surface area (Å²) in [7, 11) is 0. The zero-order chi connectivity index (χ0) is 21.2. The Kier molecular flexibility index (Phi) is 5.39. The fourth-order valence-corrected chi connectivity index (χ4v) is 2.65. The Morgan fingerprint density at radius 2 is 2.00 bits per heavy atom. The zero-order valence-corrected chi connectivity index (χ0v) is 15.0. The number of phenols is 1. The van der Waals surface area contributed by atoms with Gasteiger partial charge in [0.1, 0.15) is 12.1 Å². The number of phenolic OH excluding ortho intramolecular Hbond substituents is 1. The van der Waals surface area contributed by atoms with Gasteiger partial charge in [-0.3, -0.25) is 9.59 Å². The Morgan fingerprint density at radius 3 is 2.69 bits per heavy atom. The number of carbonyl (C=O) groups is 1. The van der Waals surface area contributed by atoms with Crippen LogP contribution in [0.3, 0.4) is 0 Å². The van der Waals surface area contributed by atoms with E-state index in [9.17, 15) is 27.9 Å². The highest BCUT2D eigenvalue weighted by molar-refractivity contribution is 5.78. The molecule has 8 nitrogen and oxygen atoms in total. The summed E-state index contributed by atoms with van der Waals surface area (Å²) in [5.74, 6) is -2.05. The minimum absolute atomic E-state index is 0.313. The molecule has 0 aliphatic rings. The molecule has 3 rings (SSSR count). The second-order valence-corrected chi connectivity index (χ2v) is 6.13. The van der Waals surface area contributed by atoms with Crippen molar-refractivity contribution in [3.63, 3.8) is 0 Å². The second kappa shape index (κ2) is 7.78. The molecule has 1 atom stereocenters. The first-order valence-electron chi connectivity index (χ1n) is 8.34.